The van der Waals surface area contributed by atoms with Gasteiger partial charge in [0.15, 0.2) is 0 Å². The lowest BCUT2D eigenvalue weighted by Crippen LogP contribution is -1.90. The summed E-state index contributed by atoms with van der Waals surface area (Å²) in [7, 11) is 0. The minimum absolute atomic E-state index is 0.481. The first-order valence-electron chi connectivity index (χ1n) is 5.65. The van der Waals surface area contributed by atoms with Crippen molar-refractivity contribution < 1.29 is 0 Å². The highest BCUT2D eigenvalue weighted by Crippen LogP contribution is 2.19. The van der Waals surface area contributed by atoms with Crippen LogP contribution < -0.4 is 0 Å². The highest BCUT2D eigenvalue weighted by atomic mass is 32.1. The molecule has 1 heterocycles. The van der Waals surface area contributed by atoms with Gasteiger partial charge < -0.3 is 0 Å². The van der Waals surface area contributed by atoms with Crippen molar-refractivity contribution in [2.24, 2.45) is 0 Å². The summed E-state index contributed by atoms with van der Waals surface area (Å²) in [6.45, 7) is 1.98. The first kappa shape index (κ1) is 11.8. The van der Waals surface area contributed by atoms with Crippen molar-refractivity contribution in [1.82, 2.24) is 4.98 Å². The number of aromatic nitrogens is 1. The second-order valence-corrected chi connectivity index (χ2v) is 5.10. The Morgan fingerprint density at radius 3 is 2.71 bits per heavy atom. The first-order valence-corrected chi connectivity index (χ1v) is 6.47. The van der Waals surface area contributed by atoms with Gasteiger partial charge >= 0.3 is 0 Å². The van der Waals surface area contributed by atoms with Crippen LogP contribution >= 0.6 is 11.3 Å². The second-order valence-electron chi connectivity index (χ2n) is 3.94. The van der Waals surface area contributed by atoms with Crippen molar-refractivity contribution in [1.29, 1.82) is 5.26 Å². The molecule has 0 aliphatic heterocycles. The molecule has 2 rings (SSSR count). The summed E-state index contributed by atoms with van der Waals surface area (Å²) in [6.07, 6.45) is 2.45. The van der Waals surface area contributed by atoms with E-state index in [1.807, 2.05) is 13.0 Å². The second kappa shape index (κ2) is 5.60. The molecule has 0 amide bonds. The van der Waals surface area contributed by atoms with E-state index in [0.717, 1.165) is 28.4 Å². The van der Waals surface area contributed by atoms with Crippen LogP contribution in [0.2, 0.25) is 0 Å². The van der Waals surface area contributed by atoms with Gasteiger partial charge in [0.2, 0.25) is 0 Å². The van der Waals surface area contributed by atoms with Gasteiger partial charge in [-0.25, -0.2) is 4.98 Å². The largest absolute Gasteiger partial charge is 0.246 e. The Hall–Kier alpha value is -1.66. The summed E-state index contributed by atoms with van der Waals surface area (Å²) in [6, 6.07) is 12.6. The fraction of sp³-hybridized carbons (Fsp3) is 0.286. The molecular formula is C14H14N2S. The summed E-state index contributed by atoms with van der Waals surface area (Å²) < 4.78 is 0. The standard InChI is InChI=1S/C14H14N2S/c1-11-13(9-10-15)17-14(16-11)8-7-12-5-3-2-4-6-12/h2-6H,7-9H2,1H3. The van der Waals surface area contributed by atoms with E-state index >= 15 is 0 Å². The lowest BCUT2D eigenvalue weighted by atomic mass is 10.1. The Bertz CT molecular complexity index is 523. The average Bonchev–Trinajstić information content (AvgIpc) is 2.70. The molecule has 0 aliphatic rings. The summed E-state index contributed by atoms with van der Waals surface area (Å²) in [5, 5.41) is 9.83. The normalized spacial score (nSPS) is 10.1. The smallest absolute Gasteiger partial charge is 0.0934 e. The number of nitrogens with zero attached hydrogens (tertiary/aromatic N) is 2. The molecule has 0 atom stereocenters. The van der Waals surface area contributed by atoms with E-state index in [-0.39, 0.29) is 0 Å². The molecule has 0 radical (unpaired) electrons. The first-order chi connectivity index (χ1) is 8.29. The SMILES string of the molecule is Cc1nc(CCc2ccccc2)sc1CC#N. The number of rotatable bonds is 4. The quantitative estimate of drug-likeness (QED) is 0.824. The van der Waals surface area contributed by atoms with Gasteiger partial charge in [0.1, 0.15) is 0 Å². The van der Waals surface area contributed by atoms with E-state index in [0.29, 0.717) is 6.42 Å². The highest BCUT2D eigenvalue weighted by Gasteiger charge is 2.07. The molecule has 3 heteroatoms. The van der Waals surface area contributed by atoms with Crippen molar-refractivity contribution in [3.63, 3.8) is 0 Å². The van der Waals surface area contributed by atoms with Gasteiger partial charge in [-0.2, -0.15) is 5.26 Å². The van der Waals surface area contributed by atoms with Crippen LogP contribution in [-0.4, -0.2) is 4.98 Å². The van der Waals surface area contributed by atoms with Crippen molar-refractivity contribution in [2.45, 2.75) is 26.2 Å². The van der Waals surface area contributed by atoms with Crippen LogP contribution in [0.4, 0.5) is 0 Å². The Morgan fingerprint density at radius 2 is 2.00 bits per heavy atom. The Morgan fingerprint density at radius 1 is 1.24 bits per heavy atom. The third-order valence-corrected chi connectivity index (χ3v) is 3.86. The van der Waals surface area contributed by atoms with Crippen LogP contribution in [0, 0.1) is 18.3 Å². The van der Waals surface area contributed by atoms with Crippen LogP contribution in [0.5, 0.6) is 0 Å². The van der Waals surface area contributed by atoms with Gasteiger partial charge in [-0.3, -0.25) is 0 Å². The van der Waals surface area contributed by atoms with Crippen LogP contribution in [0.25, 0.3) is 0 Å². The molecule has 2 aromatic rings. The molecule has 86 valence electrons. The molecule has 0 fully saturated rings. The monoisotopic (exact) mass is 242 g/mol. The van der Waals surface area contributed by atoms with Gasteiger partial charge in [-0.1, -0.05) is 30.3 Å². The fourth-order valence-electron chi connectivity index (χ4n) is 1.73. The van der Waals surface area contributed by atoms with Gasteiger partial charge in [0.05, 0.1) is 23.2 Å². The van der Waals surface area contributed by atoms with Crippen molar-refractivity contribution in [3.8, 4) is 6.07 Å². The topological polar surface area (TPSA) is 36.7 Å². The zero-order valence-corrected chi connectivity index (χ0v) is 10.6. The molecule has 0 bridgehead atoms. The van der Waals surface area contributed by atoms with Crippen molar-refractivity contribution in [3.05, 3.63) is 51.5 Å². The predicted molar refractivity (Wildman–Crippen MR) is 70.0 cm³/mol. The van der Waals surface area contributed by atoms with Gasteiger partial charge in [-0.05, 0) is 18.9 Å². The molecule has 1 aromatic carbocycles. The third kappa shape index (κ3) is 3.15. The number of benzene rings is 1. The van der Waals surface area contributed by atoms with E-state index in [4.69, 9.17) is 5.26 Å². The maximum atomic E-state index is 8.69. The molecule has 0 spiro atoms. The molecule has 1 aromatic heterocycles. The van der Waals surface area contributed by atoms with Gasteiger partial charge in [-0.15, -0.1) is 11.3 Å². The van der Waals surface area contributed by atoms with Crippen LogP contribution in [0.15, 0.2) is 30.3 Å². The minimum atomic E-state index is 0.481. The lowest BCUT2D eigenvalue weighted by molar-refractivity contribution is 0.935. The van der Waals surface area contributed by atoms with Gasteiger partial charge in [0, 0.05) is 11.3 Å². The molecule has 0 N–H and O–H groups in total. The lowest BCUT2D eigenvalue weighted by Gasteiger charge is -1.97. The summed E-state index contributed by atoms with van der Waals surface area (Å²) in [5.41, 5.74) is 2.35. The van der Waals surface area contributed by atoms with E-state index in [9.17, 15) is 0 Å². The van der Waals surface area contributed by atoms with Crippen LogP contribution in [0.1, 0.15) is 21.1 Å². The van der Waals surface area contributed by atoms with E-state index < -0.39 is 0 Å². The maximum Gasteiger partial charge on any atom is 0.0934 e. The van der Waals surface area contributed by atoms with Crippen LogP contribution in [-0.2, 0) is 19.3 Å². The summed E-state index contributed by atoms with van der Waals surface area (Å²) in [5.74, 6) is 0. The van der Waals surface area contributed by atoms with Crippen LogP contribution in [0.3, 0.4) is 0 Å². The van der Waals surface area contributed by atoms with E-state index in [2.05, 4.69) is 35.3 Å². The highest BCUT2D eigenvalue weighted by molar-refractivity contribution is 7.11. The third-order valence-electron chi connectivity index (χ3n) is 2.65. The molecular weight excluding hydrogens is 228 g/mol. The molecule has 0 aliphatic carbocycles. The fourth-order valence-corrected chi connectivity index (χ4v) is 2.73. The van der Waals surface area contributed by atoms with Crippen molar-refractivity contribution >= 4 is 11.3 Å². The summed E-state index contributed by atoms with van der Waals surface area (Å²) >= 11 is 1.67. The molecule has 2 nitrogen and oxygen atoms in total. The zero-order chi connectivity index (χ0) is 12.1. The average molecular weight is 242 g/mol. The molecule has 17 heavy (non-hydrogen) atoms. The molecule has 0 saturated heterocycles. The van der Waals surface area contributed by atoms with Gasteiger partial charge in [0.25, 0.3) is 0 Å². The summed E-state index contributed by atoms with van der Waals surface area (Å²) in [4.78, 5) is 5.62. The Labute approximate surface area is 106 Å². The molecule has 0 unspecified atom stereocenters. The number of hydrogen-bond acceptors (Lipinski definition) is 3. The maximum absolute atomic E-state index is 8.69. The zero-order valence-electron chi connectivity index (χ0n) is 9.81. The van der Waals surface area contributed by atoms with E-state index in [1.165, 1.54) is 5.56 Å². The van der Waals surface area contributed by atoms with Crippen molar-refractivity contribution in [2.75, 3.05) is 0 Å². The Balaban J connectivity index is 2.00. The Kier molecular flexibility index (Phi) is 3.89. The number of hydrogen-bond donors (Lipinski definition) is 0. The molecule has 0 saturated carbocycles. The number of nitriles is 1. The number of thiazole rings is 1. The predicted octanol–water partition coefficient (Wildman–Crippen LogP) is 3.30. The minimum Gasteiger partial charge on any atom is -0.246 e. The van der Waals surface area contributed by atoms with E-state index in [1.54, 1.807) is 11.3 Å². The number of aryl methyl sites for hydroxylation is 3.